The quantitative estimate of drug-likeness (QED) is 0.558. The van der Waals surface area contributed by atoms with E-state index in [4.69, 9.17) is 0 Å². The molecule has 0 fully saturated rings. The molecule has 3 aromatic carbocycles. The summed E-state index contributed by atoms with van der Waals surface area (Å²) in [4.78, 5) is 3.48. The third kappa shape index (κ3) is 3.14. The van der Waals surface area contributed by atoms with Crippen LogP contribution in [-0.2, 0) is 10.0 Å². The first-order valence-corrected chi connectivity index (χ1v) is 9.82. The first kappa shape index (κ1) is 16.6. The second-order valence-corrected chi connectivity index (χ2v) is 7.78. The number of rotatable bonds is 5. The van der Waals surface area contributed by atoms with Gasteiger partial charge in [0.25, 0.3) is 0 Å². The summed E-state index contributed by atoms with van der Waals surface area (Å²) < 4.78 is 28.7. The van der Waals surface area contributed by atoms with Gasteiger partial charge in [-0.05, 0) is 29.3 Å². The van der Waals surface area contributed by atoms with Crippen molar-refractivity contribution in [2.75, 3.05) is 0 Å². The highest BCUT2D eigenvalue weighted by molar-refractivity contribution is 7.89. The third-order valence-electron chi connectivity index (χ3n) is 4.39. The second-order valence-electron chi connectivity index (χ2n) is 6.07. The van der Waals surface area contributed by atoms with E-state index < -0.39 is 16.1 Å². The molecule has 0 aliphatic rings. The zero-order valence-electron chi connectivity index (χ0n) is 14.0. The van der Waals surface area contributed by atoms with Crippen LogP contribution in [0.25, 0.3) is 10.9 Å². The zero-order chi connectivity index (χ0) is 18.0. The van der Waals surface area contributed by atoms with Gasteiger partial charge < -0.3 is 4.98 Å². The molecule has 4 rings (SSSR count). The molecule has 5 heteroatoms. The Morgan fingerprint density at radius 3 is 2.12 bits per heavy atom. The number of benzene rings is 3. The van der Waals surface area contributed by atoms with Crippen LogP contribution in [0.15, 0.2) is 96.0 Å². The van der Waals surface area contributed by atoms with Crippen LogP contribution < -0.4 is 4.72 Å². The Labute approximate surface area is 152 Å². The van der Waals surface area contributed by atoms with Crippen molar-refractivity contribution >= 4 is 20.9 Å². The summed E-state index contributed by atoms with van der Waals surface area (Å²) in [5, 5.41) is 0.997. The van der Waals surface area contributed by atoms with Crippen molar-refractivity contribution in [2.45, 2.75) is 10.9 Å². The van der Waals surface area contributed by atoms with E-state index in [2.05, 4.69) is 9.71 Å². The maximum Gasteiger partial charge on any atom is 0.241 e. The van der Waals surface area contributed by atoms with E-state index in [1.165, 1.54) is 0 Å². The van der Waals surface area contributed by atoms with Gasteiger partial charge in [-0.3, -0.25) is 0 Å². The van der Waals surface area contributed by atoms with Gasteiger partial charge in [0.1, 0.15) is 0 Å². The Kier molecular flexibility index (Phi) is 4.32. The smallest absolute Gasteiger partial charge is 0.241 e. The SMILES string of the molecule is O=S(=O)(NC(c1ccccc1)c1c[nH]c2ccccc12)c1ccccc1. The lowest BCUT2D eigenvalue weighted by atomic mass is 9.99. The van der Waals surface area contributed by atoms with Gasteiger partial charge in [0.2, 0.25) is 10.0 Å². The lowest BCUT2D eigenvalue weighted by Crippen LogP contribution is -2.29. The van der Waals surface area contributed by atoms with Crippen molar-refractivity contribution in [3.63, 3.8) is 0 Å². The van der Waals surface area contributed by atoms with Crippen LogP contribution in [-0.4, -0.2) is 13.4 Å². The van der Waals surface area contributed by atoms with Gasteiger partial charge in [0.15, 0.2) is 0 Å². The highest BCUT2D eigenvalue weighted by Gasteiger charge is 2.24. The van der Waals surface area contributed by atoms with Gasteiger partial charge in [-0.1, -0.05) is 66.7 Å². The molecule has 2 N–H and O–H groups in total. The molecule has 0 aliphatic carbocycles. The largest absolute Gasteiger partial charge is 0.361 e. The number of sulfonamides is 1. The van der Waals surface area contributed by atoms with Crippen LogP contribution in [0, 0.1) is 0 Å². The van der Waals surface area contributed by atoms with E-state index in [-0.39, 0.29) is 4.90 Å². The zero-order valence-corrected chi connectivity index (χ0v) is 14.8. The number of hydrogen-bond donors (Lipinski definition) is 2. The molecule has 0 radical (unpaired) electrons. The first-order valence-electron chi connectivity index (χ1n) is 8.33. The van der Waals surface area contributed by atoms with Crippen molar-refractivity contribution in [2.24, 2.45) is 0 Å². The van der Waals surface area contributed by atoms with Gasteiger partial charge in [0, 0.05) is 17.1 Å². The standard InChI is InChI=1S/C21H18N2O2S/c24-26(25,17-11-5-2-6-12-17)23-21(16-9-3-1-4-10-16)19-15-22-20-14-8-7-13-18(19)20/h1-15,21-23H. The van der Waals surface area contributed by atoms with E-state index in [0.29, 0.717) is 0 Å². The van der Waals surface area contributed by atoms with Crippen molar-refractivity contribution in [1.29, 1.82) is 0 Å². The van der Waals surface area contributed by atoms with Crippen molar-refractivity contribution in [3.8, 4) is 0 Å². The fourth-order valence-electron chi connectivity index (χ4n) is 3.11. The Bertz CT molecular complexity index is 1120. The summed E-state index contributed by atoms with van der Waals surface area (Å²) in [7, 11) is -3.67. The highest BCUT2D eigenvalue weighted by atomic mass is 32.2. The predicted octanol–water partition coefficient (Wildman–Crippen LogP) is 4.24. The topological polar surface area (TPSA) is 62.0 Å². The summed E-state index contributed by atoms with van der Waals surface area (Å²) in [5.41, 5.74) is 2.76. The van der Waals surface area contributed by atoms with E-state index in [9.17, 15) is 8.42 Å². The Balaban J connectivity index is 1.82. The van der Waals surface area contributed by atoms with Crippen molar-refractivity contribution in [1.82, 2.24) is 9.71 Å². The fourth-order valence-corrected chi connectivity index (χ4v) is 4.34. The molecule has 1 atom stereocenters. The molecular weight excluding hydrogens is 344 g/mol. The van der Waals surface area contributed by atoms with Crippen LogP contribution in [0.3, 0.4) is 0 Å². The molecule has 1 heterocycles. The predicted molar refractivity (Wildman–Crippen MR) is 103 cm³/mol. The maximum absolute atomic E-state index is 12.9. The van der Waals surface area contributed by atoms with E-state index in [0.717, 1.165) is 22.0 Å². The molecule has 0 amide bonds. The van der Waals surface area contributed by atoms with Crippen LogP contribution in [0.5, 0.6) is 0 Å². The summed E-state index contributed by atoms with van der Waals surface area (Å²) in [6.45, 7) is 0. The van der Waals surface area contributed by atoms with Gasteiger partial charge in [0.05, 0.1) is 10.9 Å². The Hall–Kier alpha value is -2.89. The van der Waals surface area contributed by atoms with Crippen LogP contribution in [0.1, 0.15) is 17.2 Å². The van der Waals surface area contributed by atoms with Crippen LogP contribution in [0.2, 0.25) is 0 Å². The van der Waals surface area contributed by atoms with Gasteiger partial charge >= 0.3 is 0 Å². The maximum atomic E-state index is 12.9. The fraction of sp³-hybridized carbons (Fsp3) is 0.0476. The van der Waals surface area contributed by atoms with E-state index >= 15 is 0 Å². The van der Waals surface area contributed by atoms with Crippen LogP contribution >= 0.6 is 0 Å². The number of para-hydroxylation sites is 1. The molecule has 0 bridgehead atoms. The molecule has 1 unspecified atom stereocenters. The number of aromatic amines is 1. The number of aromatic nitrogens is 1. The molecule has 130 valence electrons. The molecule has 0 saturated carbocycles. The normalized spacial score (nSPS) is 12.9. The van der Waals surface area contributed by atoms with E-state index in [1.54, 1.807) is 30.3 Å². The summed E-state index contributed by atoms with van der Waals surface area (Å²) in [5.74, 6) is 0. The molecule has 0 spiro atoms. The van der Waals surface area contributed by atoms with E-state index in [1.807, 2.05) is 60.8 Å². The minimum Gasteiger partial charge on any atom is -0.361 e. The first-order chi connectivity index (χ1) is 12.6. The third-order valence-corrected chi connectivity index (χ3v) is 5.83. The monoisotopic (exact) mass is 362 g/mol. The molecule has 26 heavy (non-hydrogen) atoms. The minimum absolute atomic E-state index is 0.251. The molecule has 0 saturated heterocycles. The second kappa shape index (κ2) is 6.78. The van der Waals surface area contributed by atoms with Gasteiger partial charge in [-0.15, -0.1) is 0 Å². The number of hydrogen-bond acceptors (Lipinski definition) is 2. The average molecular weight is 362 g/mol. The summed E-state index contributed by atoms with van der Waals surface area (Å²) in [6, 6.07) is 25.4. The molecule has 1 aromatic heterocycles. The average Bonchev–Trinajstić information content (AvgIpc) is 3.11. The molecule has 4 aromatic rings. The minimum atomic E-state index is -3.67. The number of fused-ring (bicyclic) bond motifs is 1. The molecule has 0 aliphatic heterocycles. The van der Waals surface area contributed by atoms with Gasteiger partial charge in [-0.2, -0.15) is 4.72 Å². The highest BCUT2D eigenvalue weighted by Crippen LogP contribution is 2.30. The Morgan fingerprint density at radius 1 is 0.769 bits per heavy atom. The lowest BCUT2D eigenvalue weighted by Gasteiger charge is -2.19. The summed E-state index contributed by atoms with van der Waals surface area (Å²) >= 11 is 0. The summed E-state index contributed by atoms with van der Waals surface area (Å²) in [6.07, 6.45) is 1.87. The van der Waals surface area contributed by atoms with Crippen LogP contribution in [0.4, 0.5) is 0 Å². The number of nitrogens with one attached hydrogen (secondary N) is 2. The lowest BCUT2D eigenvalue weighted by molar-refractivity contribution is 0.572. The van der Waals surface area contributed by atoms with Gasteiger partial charge in [-0.25, -0.2) is 8.42 Å². The number of H-pyrrole nitrogens is 1. The Morgan fingerprint density at radius 2 is 1.38 bits per heavy atom. The molecular formula is C21H18N2O2S. The molecule has 4 nitrogen and oxygen atoms in total. The van der Waals surface area contributed by atoms with Crippen molar-refractivity contribution < 1.29 is 8.42 Å². The van der Waals surface area contributed by atoms with Crippen molar-refractivity contribution in [3.05, 3.63) is 102 Å².